The zero-order valence-corrected chi connectivity index (χ0v) is 17.9. The number of anilines is 1. The molecule has 0 bridgehead atoms. The van der Waals surface area contributed by atoms with E-state index in [2.05, 4.69) is 34.5 Å². The van der Waals surface area contributed by atoms with Crippen LogP contribution in [0.4, 0.5) is 5.69 Å². The maximum Gasteiger partial charge on any atom is 0.231 e. The maximum atomic E-state index is 12.3. The molecule has 1 atom stereocenters. The van der Waals surface area contributed by atoms with Gasteiger partial charge in [0.2, 0.25) is 12.7 Å². The van der Waals surface area contributed by atoms with Crippen LogP contribution in [-0.2, 0) is 4.79 Å². The first kappa shape index (κ1) is 20.0. The fourth-order valence-electron chi connectivity index (χ4n) is 4.51. The van der Waals surface area contributed by atoms with Crippen molar-refractivity contribution < 1.29 is 23.9 Å². The number of hydrogen-bond acceptors (Lipinski definition) is 5. The predicted molar refractivity (Wildman–Crippen MR) is 117 cm³/mol. The molecule has 5 rings (SSSR count). The molecule has 1 amide bonds. The predicted octanol–water partition coefficient (Wildman–Crippen LogP) is 1.40. The molecule has 0 aromatic heterocycles. The van der Waals surface area contributed by atoms with E-state index in [4.69, 9.17) is 14.2 Å². The first-order valence-electron chi connectivity index (χ1n) is 11.1. The summed E-state index contributed by atoms with van der Waals surface area (Å²) < 4.78 is 16.4. The second-order valence-corrected chi connectivity index (χ2v) is 8.53. The van der Waals surface area contributed by atoms with Crippen molar-refractivity contribution in [2.45, 2.75) is 18.9 Å². The molecule has 1 saturated carbocycles. The number of ether oxygens (including phenoxy) is 3. The van der Waals surface area contributed by atoms with Gasteiger partial charge in [-0.2, -0.15) is 0 Å². The Bertz CT molecular complexity index is 921. The van der Waals surface area contributed by atoms with Gasteiger partial charge in [-0.25, -0.2) is 0 Å². The Morgan fingerprint density at radius 3 is 2.58 bits per heavy atom. The monoisotopic (exact) mass is 424 g/mol. The lowest BCUT2D eigenvalue weighted by Gasteiger charge is -2.38. The fourth-order valence-corrected chi connectivity index (χ4v) is 4.51. The van der Waals surface area contributed by atoms with Crippen LogP contribution in [0.2, 0.25) is 0 Å². The van der Waals surface area contributed by atoms with Gasteiger partial charge >= 0.3 is 0 Å². The number of benzene rings is 2. The molecule has 7 nitrogen and oxygen atoms in total. The van der Waals surface area contributed by atoms with E-state index < -0.39 is 0 Å². The number of methoxy groups -OCH3 is 1. The van der Waals surface area contributed by atoms with Crippen LogP contribution in [0.5, 0.6) is 17.2 Å². The zero-order chi connectivity index (χ0) is 21.2. The highest BCUT2D eigenvalue weighted by Crippen LogP contribution is 2.34. The third kappa shape index (κ3) is 4.42. The zero-order valence-electron chi connectivity index (χ0n) is 17.9. The van der Waals surface area contributed by atoms with Crippen LogP contribution in [0, 0.1) is 5.92 Å². The summed E-state index contributed by atoms with van der Waals surface area (Å²) in [6.07, 6.45) is 2.04. The molecule has 2 aromatic carbocycles. The van der Waals surface area contributed by atoms with E-state index in [0.717, 1.165) is 56.3 Å². The molecule has 1 saturated heterocycles. The molecule has 0 radical (unpaired) electrons. The SMILES string of the molecule is COc1ccc(N2CC[NH+]([C@@H](CNC(=O)C3CC3)c3ccc4c(c3)OCO4)CC2)cc1. The number of quaternary nitrogens is 1. The summed E-state index contributed by atoms with van der Waals surface area (Å²) in [6.45, 7) is 4.87. The second kappa shape index (κ2) is 8.67. The number of carbonyl (C=O) groups is 1. The Hall–Kier alpha value is -2.93. The number of carbonyl (C=O) groups excluding carboxylic acids is 1. The van der Waals surface area contributed by atoms with E-state index >= 15 is 0 Å². The van der Waals surface area contributed by atoms with Gasteiger partial charge in [-0.15, -0.1) is 0 Å². The van der Waals surface area contributed by atoms with E-state index in [1.165, 1.54) is 16.2 Å². The average Bonchev–Trinajstić information content (AvgIpc) is 3.57. The smallest absolute Gasteiger partial charge is 0.231 e. The molecule has 2 N–H and O–H groups in total. The Morgan fingerprint density at radius 2 is 1.87 bits per heavy atom. The maximum absolute atomic E-state index is 12.3. The third-order valence-corrected chi connectivity index (χ3v) is 6.56. The van der Waals surface area contributed by atoms with Gasteiger partial charge < -0.3 is 29.3 Å². The average molecular weight is 425 g/mol. The van der Waals surface area contributed by atoms with Crippen molar-refractivity contribution >= 4 is 11.6 Å². The summed E-state index contributed by atoms with van der Waals surface area (Å²) in [6, 6.07) is 14.6. The molecular weight excluding hydrogens is 394 g/mol. The van der Waals surface area contributed by atoms with E-state index in [0.29, 0.717) is 6.54 Å². The molecule has 31 heavy (non-hydrogen) atoms. The summed E-state index contributed by atoms with van der Waals surface area (Å²) in [5.41, 5.74) is 2.41. The quantitative estimate of drug-likeness (QED) is 0.704. The Balaban J connectivity index is 1.28. The summed E-state index contributed by atoms with van der Waals surface area (Å²) in [5, 5.41) is 3.20. The highest BCUT2D eigenvalue weighted by molar-refractivity contribution is 5.80. The van der Waals surface area contributed by atoms with Gasteiger partial charge in [0, 0.05) is 17.2 Å². The van der Waals surface area contributed by atoms with Crippen LogP contribution in [0.15, 0.2) is 42.5 Å². The number of nitrogens with zero attached hydrogens (tertiary/aromatic N) is 1. The van der Waals surface area contributed by atoms with Crippen molar-refractivity contribution in [3.05, 3.63) is 48.0 Å². The van der Waals surface area contributed by atoms with E-state index in [1.54, 1.807) is 7.11 Å². The van der Waals surface area contributed by atoms with Crippen LogP contribution in [-0.4, -0.2) is 52.5 Å². The van der Waals surface area contributed by atoms with Crippen molar-refractivity contribution in [1.82, 2.24) is 5.32 Å². The standard InChI is InChI=1S/C24H29N3O4/c1-29-20-7-5-19(6-8-20)26-10-12-27(13-11-26)21(15-25-24(28)17-2-3-17)18-4-9-22-23(14-18)31-16-30-22/h4-9,14,17,21H,2-3,10-13,15-16H2,1H3,(H,25,28)/p+1/t21-/m0/s1. The molecule has 7 heteroatoms. The highest BCUT2D eigenvalue weighted by Gasteiger charge is 2.33. The van der Waals surface area contributed by atoms with Gasteiger partial charge in [-0.1, -0.05) is 0 Å². The van der Waals surface area contributed by atoms with E-state index in [9.17, 15) is 4.79 Å². The molecule has 2 heterocycles. The largest absolute Gasteiger partial charge is 0.497 e. The number of hydrogen-bond donors (Lipinski definition) is 2. The molecule has 2 aliphatic heterocycles. The van der Waals surface area contributed by atoms with Crippen molar-refractivity contribution in [3.63, 3.8) is 0 Å². The van der Waals surface area contributed by atoms with Crippen molar-refractivity contribution in [3.8, 4) is 17.2 Å². The minimum atomic E-state index is 0.190. The molecule has 0 spiro atoms. The number of rotatable bonds is 7. The minimum Gasteiger partial charge on any atom is -0.497 e. The van der Waals surface area contributed by atoms with Crippen molar-refractivity contribution in [2.24, 2.45) is 5.92 Å². The first-order chi connectivity index (χ1) is 15.2. The molecule has 1 aliphatic carbocycles. The number of fused-ring (bicyclic) bond motifs is 1. The van der Waals surface area contributed by atoms with Crippen molar-refractivity contribution in [2.75, 3.05) is 51.5 Å². The number of amides is 1. The second-order valence-electron chi connectivity index (χ2n) is 8.53. The normalized spacial score (nSPS) is 19.2. The highest BCUT2D eigenvalue weighted by atomic mass is 16.7. The lowest BCUT2D eigenvalue weighted by molar-refractivity contribution is -0.931. The molecule has 2 fully saturated rings. The Labute approximate surface area is 182 Å². The summed E-state index contributed by atoms with van der Waals surface area (Å²) >= 11 is 0. The number of nitrogens with one attached hydrogen (secondary N) is 2. The Morgan fingerprint density at radius 1 is 1.13 bits per heavy atom. The van der Waals surface area contributed by atoms with E-state index in [1.807, 2.05) is 18.2 Å². The molecule has 164 valence electrons. The first-order valence-corrected chi connectivity index (χ1v) is 11.1. The van der Waals surface area contributed by atoms with Crippen LogP contribution in [0.3, 0.4) is 0 Å². The minimum absolute atomic E-state index is 0.190. The van der Waals surface area contributed by atoms with Gasteiger partial charge in [0.1, 0.15) is 11.8 Å². The summed E-state index contributed by atoms with van der Waals surface area (Å²) in [4.78, 5) is 16.2. The van der Waals surface area contributed by atoms with Crippen LogP contribution in [0.1, 0.15) is 24.4 Å². The van der Waals surface area contributed by atoms with E-state index in [-0.39, 0.29) is 24.7 Å². The van der Waals surface area contributed by atoms with Crippen LogP contribution in [0.25, 0.3) is 0 Å². The Kier molecular flexibility index (Phi) is 5.59. The van der Waals surface area contributed by atoms with Gasteiger partial charge in [0.25, 0.3) is 0 Å². The lowest BCUT2D eigenvalue weighted by atomic mass is 10.0. The molecule has 3 aliphatic rings. The molecule has 2 aromatic rings. The summed E-state index contributed by atoms with van der Waals surface area (Å²) in [5.74, 6) is 2.89. The lowest BCUT2D eigenvalue weighted by Crippen LogP contribution is -3.15. The van der Waals surface area contributed by atoms with Crippen LogP contribution >= 0.6 is 0 Å². The number of piperazine rings is 1. The van der Waals surface area contributed by atoms with Gasteiger partial charge in [0.05, 0.1) is 39.8 Å². The van der Waals surface area contributed by atoms with Crippen molar-refractivity contribution in [1.29, 1.82) is 0 Å². The van der Waals surface area contributed by atoms with Gasteiger partial charge in [0.15, 0.2) is 11.5 Å². The topological polar surface area (TPSA) is 64.5 Å². The summed E-state index contributed by atoms with van der Waals surface area (Å²) in [7, 11) is 1.69. The molecule has 0 unspecified atom stereocenters. The van der Waals surface area contributed by atoms with Gasteiger partial charge in [-0.3, -0.25) is 4.79 Å². The third-order valence-electron chi connectivity index (χ3n) is 6.56. The fraction of sp³-hybridized carbons (Fsp3) is 0.458. The van der Waals surface area contributed by atoms with Gasteiger partial charge in [-0.05, 0) is 55.3 Å². The molecular formula is C24H30N3O4+. The van der Waals surface area contributed by atoms with Crippen LogP contribution < -0.4 is 29.3 Å².